The van der Waals surface area contributed by atoms with Crippen molar-refractivity contribution in [2.24, 2.45) is 5.92 Å². The zero-order chi connectivity index (χ0) is 8.15. The summed E-state index contributed by atoms with van der Waals surface area (Å²) in [6.45, 7) is 5.63. The molecule has 0 fully saturated rings. The maximum absolute atomic E-state index is 10.9. The lowest BCUT2D eigenvalue weighted by Crippen LogP contribution is -2.26. The molecule has 0 saturated carbocycles. The van der Waals surface area contributed by atoms with Crippen molar-refractivity contribution < 1.29 is 9.90 Å². The number of Topliss-reactive ketones (excluding diaryl/α,β-unsaturated/α-hetero) is 1. The second kappa shape index (κ2) is 4.45. The number of hydrogen-bond donors (Lipinski definition) is 1. The molecule has 0 aromatic rings. The molecule has 1 N–H and O–H groups in total. The second-order valence-electron chi connectivity index (χ2n) is 2.65. The van der Waals surface area contributed by atoms with Crippen molar-refractivity contribution in [3.8, 4) is 0 Å². The van der Waals surface area contributed by atoms with Gasteiger partial charge in [0.05, 0.1) is 0 Å². The van der Waals surface area contributed by atoms with Gasteiger partial charge in [0, 0.05) is 6.42 Å². The highest BCUT2D eigenvalue weighted by molar-refractivity contribution is 5.82. The van der Waals surface area contributed by atoms with Crippen LogP contribution >= 0.6 is 0 Å². The number of ketones is 1. The Labute approximate surface area is 62.2 Å². The molecule has 0 aliphatic rings. The number of carbonyl (C=O) groups excluding carboxylic acids is 1. The predicted molar refractivity (Wildman–Crippen MR) is 40.8 cm³/mol. The maximum atomic E-state index is 10.9. The Morgan fingerprint density at radius 1 is 1.50 bits per heavy atom. The van der Waals surface area contributed by atoms with Crippen molar-refractivity contribution in [2.45, 2.75) is 39.7 Å². The first-order valence-corrected chi connectivity index (χ1v) is 3.84. The Bertz CT molecular complexity index is 110. The van der Waals surface area contributed by atoms with Crippen LogP contribution in [0.3, 0.4) is 0 Å². The first-order valence-electron chi connectivity index (χ1n) is 3.84. The van der Waals surface area contributed by atoms with Gasteiger partial charge in [0.15, 0.2) is 5.78 Å². The molecule has 2 atom stereocenters. The van der Waals surface area contributed by atoms with Crippen LogP contribution in [0.2, 0.25) is 0 Å². The molecule has 0 unspecified atom stereocenters. The van der Waals surface area contributed by atoms with E-state index in [-0.39, 0.29) is 11.7 Å². The van der Waals surface area contributed by atoms with Gasteiger partial charge in [0.2, 0.25) is 0 Å². The monoisotopic (exact) mass is 144 g/mol. The van der Waals surface area contributed by atoms with Crippen molar-refractivity contribution in [1.82, 2.24) is 0 Å². The summed E-state index contributed by atoms with van der Waals surface area (Å²) in [7, 11) is 0. The van der Waals surface area contributed by atoms with Crippen LogP contribution in [0.15, 0.2) is 0 Å². The normalized spacial score (nSPS) is 16.4. The van der Waals surface area contributed by atoms with Gasteiger partial charge >= 0.3 is 0 Å². The van der Waals surface area contributed by atoms with E-state index in [0.29, 0.717) is 6.42 Å². The molecule has 0 rings (SSSR count). The third kappa shape index (κ3) is 2.48. The zero-order valence-corrected chi connectivity index (χ0v) is 6.92. The largest absolute Gasteiger partial charge is 0.385 e. The SMILES string of the molecule is CCC(=O)[C@@H](O)[C@@H](C)CC. The van der Waals surface area contributed by atoms with Gasteiger partial charge in [-0.3, -0.25) is 4.79 Å². The third-order valence-corrected chi connectivity index (χ3v) is 1.86. The molecule has 2 nitrogen and oxygen atoms in total. The minimum Gasteiger partial charge on any atom is -0.385 e. The quantitative estimate of drug-likeness (QED) is 0.647. The topological polar surface area (TPSA) is 37.3 Å². The van der Waals surface area contributed by atoms with E-state index in [1.807, 2.05) is 13.8 Å². The van der Waals surface area contributed by atoms with Crippen LogP contribution in [-0.2, 0) is 4.79 Å². The smallest absolute Gasteiger partial charge is 0.161 e. The van der Waals surface area contributed by atoms with E-state index in [1.165, 1.54) is 0 Å². The molecule has 0 heterocycles. The highest BCUT2D eigenvalue weighted by Gasteiger charge is 2.18. The minimum absolute atomic E-state index is 0.0469. The van der Waals surface area contributed by atoms with E-state index < -0.39 is 6.10 Å². The van der Waals surface area contributed by atoms with E-state index in [9.17, 15) is 9.90 Å². The number of aliphatic hydroxyl groups is 1. The molecule has 0 amide bonds. The molecule has 0 saturated heterocycles. The van der Waals surface area contributed by atoms with E-state index in [4.69, 9.17) is 0 Å². The molecular weight excluding hydrogens is 128 g/mol. The van der Waals surface area contributed by atoms with Gasteiger partial charge in [-0.1, -0.05) is 27.2 Å². The zero-order valence-electron chi connectivity index (χ0n) is 6.92. The lowest BCUT2D eigenvalue weighted by Gasteiger charge is -2.14. The summed E-state index contributed by atoms with van der Waals surface area (Å²) in [5.74, 6) is 0.0572. The van der Waals surface area contributed by atoms with Crippen molar-refractivity contribution in [3.05, 3.63) is 0 Å². The molecule has 0 radical (unpaired) electrons. The summed E-state index contributed by atoms with van der Waals surface area (Å²) in [6.07, 6.45) is 0.549. The van der Waals surface area contributed by atoms with Gasteiger partial charge < -0.3 is 5.11 Å². The van der Waals surface area contributed by atoms with Gasteiger partial charge in [0.25, 0.3) is 0 Å². The fourth-order valence-electron chi connectivity index (χ4n) is 0.750. The molecule has 0 aromatic carbocycles. The number of rotatable bonds is 4. The molecule has 60 valence electrons. The van der Waals surface area contributed by atoms with Gasteiger partial charge in [-0.05, 0) is 5.92 Å². The summed E-state index contributed by atoms with van der Waals surface area (Å²) < 4.78 is 0. The second-order valence-corrected chi connectivity index (χ2v) is 2.65. The molecule has 10 heavy (non-hydrogen) atoms. The number of carbonyl (C=O) groups is 1. The van der Waals surface area contributed by atoms with Crippen LogP contribution in [0.25, 0.3) is 0 Å². The van der Waals surface area contributed by atoms with Gasteiger partial charge in [0.1, 0.15) is 6.10 Å². The van der Waals surface area contributed by atoms with Crippen LogP contribution in [0.1, 0.15) is 33.6 Å². The molecule has 0 aliphatic heterocycles. The fourth-order valence-corrected chi connectivity index (χ4v) is 0.750. The highest BCUT2D eigenvalue weighted by Crippen LogP contribution is 2.09. The molecule has 0 aromatic heterocycles. The average molecular weight is 144 g/mol. The lowest BCUT2D eigenvalue weighted by atomic mass is 9.97. The minimum atomic E-state index is -0.741. The van der Waals surface area contributed by atoms with Crippen molar-refractivity contribution >= 4 is 5.78 Å². The maximum Gasteiger partial charge on any atom is 0.161 e. The standard InChI is InChI=1S/C8H16O2/c1-4-6(3)8(10)7(9)5-2/h6,8,10H,4-5H2,1-3H3/t6-,8-/m0/s1. The van der Waals surface area contributed by atoms with Crippen LogP contribution in [0.5, 0.6) is 0 Å². The first kappa shape index (κ1) is 9.63. The van der Waals surface area contributed by atoms with Crippen LogP contribution < -0.4 is 0 Å². The molecule has 0 aliphatic carbocycles. The van der Waals surface area contributed by atoms with Crippen molar-refractivity contribution in [2.75, 3.05) is 0 Å². The lowest BCUT2D eigenvalue weighted by molar-refractivity contribution is -0.129. The summed E-state index contributed by atoms with van der Waals surface area (Å²) >= 11 is 0. The van der Waals surface area contributed by atoms with E-state index >= 15 is 0 Å². The molecule has 0 bridgehead atoms. The molecule has 0 spiro atoms. The summed E-state index contributed by atoms with van der Waals surface area (Å²) in [4.78, 5) is 10.9. The van der Waals surface area contributed by atoms with Crippen LogP contribution in [0, 0.1) is 5.92 Å². The summed E-state index contributed by atoms with van der Waals surface area (Å²) in [6, 6.07) is 0. The van der Waals surface area contributed by atoms with Gasteiger partial charge in [-0.2, -0.15) is 0 Å². The third-order valence-electron chi connectivity index (χ3n) is 1.86. The van der Waals surface area contributed by atoms with Crippen LogP contribution in [0.4, 0.5) is 0 Å². The average Bonchev–Trinajstić information content (AvgIpc) is 2.00. The van der Waals surface area contributed by atoms with E-state index in [0.717, 1.165) is 6.42 Å². The Kier molecular flexibility index (Phi) is 4.28. The van der Waals surface area contributed by atoms with Crippen molar-refractivity contribution in [3.63, 3.8) is 0 Å². The van der Waals surface area contributed by atoms with Crippen LogP contribution in [-0.4, -0.2) is 17.0 Å². The van der Waals surface area contributed by atoms with E-state index in [2.05, 4.69) is 0 Å². The molecule has 2 heteroatoms. The predicted octanol–water partition coefficient (Wildman–Crippen LogP) is 1.37. The Morgan fingerprint density at radius 2 is 2.00 bits per heavy atom. The summed E-state index contributed by atoms with van der Waals surface area (Å²) in [5, 5.41) is 9.24. The van der Waals surface area contributed by atoms with Gasteiger partial charge in [-0.25, -0.2) is 0 Å². The Morgan fingerprint density at radius 3 is 2.30 bits per heavy atom. The summed E-state index contributed by atoms with van der Waals surface area (Å²) in [5.41, 5.74) is 0. The molecular formula is C8H16O2. The number of hydrogen-bond acceptors (Lipinski definition) is 2. The Balaban J connectivity index is 3.81. The number of aliphatic hydroxyl groups excluding tert-OH is 1. The van der Waals surface area contributed by atoms with Crippen molar-refractivity contribution in [1.29, 1.82) is 0 Å². The fraction of sp³-hybridized carbons (Fsp3) is 0.875. The Hall–Kier alpha value is -0.370. The first-order chi connectivity index (χ1) is 4.63. The highest BCUT2D eigenvalue weighted by atomic mass is 16.3. The van der Waals surface area contributed by atoms with E-state index in [1.54, 1.807) is 6.92 Å². The van der Waals surface area contributed by atoms with Gasteiger partial charge in [-0.15, -0.1) is 0 Å².